The lowest BCUT2D eigenvalue weighted by Crippen LogP contribution is -2.53. The molecule has 2 saturated heterocycles. The van der Waals surface area contributed by atoms with E-state index in [1.54, 1.807) is 4.90 Å². The highest BCUT2D eigenvalue weighted by Gasteiger charge is 2.52. The van der Waals surface area contributed by atoms with Gasteiger partial charge >= 0.3 is 6.36 Å². The average molecular weight is 547 g/mol. The average Bonchev–Trinajstić information content (AvgIpc) is 3.25. The number of ether oxygens (including phenoxy) is 5. The zero-order valence-corrected chi connectivity index (χ0v) is 19.7. The zero-order valence-electron chi connectivity index (χ0n) is 18.1. The van der Waals surface area contributed by atoms with Gasteiger partial charge in [0.25, 0.3) is 5.91 Å². The van der Waals surface area contributed by atoms with Crippen LogP contribution >= 0.6 is 15.9 Å². The quantitative estimate of drug-likeness (QED) is 0.385. The summed E-state index contributed by atoms with van der Waals surface area (Å²) in [5.41, 5.74) is 0.367. The Labute approximate surface area is 202 Å². The molecule has 2 atom stereocenters. The molecule has 2 fully saturated rings. The lowest BCUT2D eigenvalue weighted by atomic mass is 9.85. The van der Waals surface area contributed by atoms with Gasteiger partial charge in [-0.15, -0.1) is 13.2 Å². The third kappa shape index (κ3) is 5.29. The van der Waals surface area contributed by atoms with Crippen LogP contribution in [0.1, 0.15) is 22.5 Å². The number of fused-ring (bicyclic) bond motifs is 1. The summed E-state index contributed by atoms with van der Waals surface area (Å²) in [5.74, 6) is 0.190. The van der Waals surface area contributed by atoms with Gasteiger partial charge in [0.05, 0.1) is 26.0 Å². The van der Waals surface area contributed by atoms with E-state index in [0.29, 0.717) is 29.7 Å². The van der Waals surface area contributed by atoms with Gasteiger partial charge in [0.15, 0.2) is 11.5 Å². The highest BCUT2D eigenvalue weighted by atomic mass is 79.9. The molecule has 2 unspecified atom stereocenters. The zero-order chi connectivity index (χ0) is 24.3. The van der Waals surface area contributed by atoms with Crippen LogP contribution in [0.25, 0.3) is 0 Å². The Bertz CT molecular complexity index is 1040. The van der Waals surface area contributed by atoms with Crippen molar-refractivity contribution in [3.05, 3.63) is 52.3 Å². The smallest absolute Gasteiger partial charge is 0.493 e. The van der Waals surface area contributed by atoms with E-state index in [0.717, 1.165) is 5.69 Å². The number of likely N-dealkylation sites (tertiary alicyclic amines) is 1. The van der Waals surface area contributed by atoms with Crippen molar-refractivity contribution >= 4 is 21.8 Å². The Morgan fingerprint density at radius 3 is 2.82 bits per heavy atom. The fourth-order valence-electron chi connectivity index (χ4n) is 4.08. The maximum atomic E-state index is 13.2. The first-order valence-corrected chi connectivity index (χ1v) is 11.2. The maximum Gasteiger partial charge on any atom is 0.522 e. The number of hydrogen-bond donors (Lipinski definition) is 0. The summed E-state index contributed by atoms with van der Waals surface area (Å²) in [5, 5.41) is 0. The van der Waals surface area contributed by atoms with E-state index in [4.69, 9.17) is 18.9 Å². The van der Waals surface area contributed by atoms with Gasteiger partial charge < -0.3 is 23.8 Å². The Kier molecular flexibility index (Phi) is 7.31. The molecule has 0 spiro atoms. The number of alkyl halides is 3. The minimum absolute atomic E-state index is 0.110. The standard InChI is InChI=1S/C22H22BrF3N2O6/c1-30-16-11-14(5-6-15(16)31-9-10-33-22(24,25)26)20(29)28-8-7-21(18(12-28)32-13-34-21)17-3-2-4-19(23)27-17/h2-6,11,18H,7-10,12-13H2,1H3. The number of piperidine rings is 1. The van der Waals surface area contributed by atoms with E-state index >= 15 is 0 Å². The number of pyridine rings is 1. The molecule has 2 aliphatic rings. The largest absolute Gasteiger partial charge is 0.522 e. The predicted molar refractivity (Wildman–Crippen MR) is 115 cm³/mol. The molecular weight excluding hydrogens is 525 g/mol. The fourth-order valence-corrected chi connectivity index (χ4v) is 4.43. The molecule has 184 valence electrons. The first-order chi connectivity index (χ1) is 16.2. The number of methoxy groups -OCH3 is 1. The van der Waals surface area contributed by atoms with Gasteiger partial charge in [-0.25, -0.2) is 4.98 Å². The Morgan fingerprint density at radius 1 is 1.26 bits per heavy atom. The van der Waals surface area contributed by atoms with Crippen LogP contribution in [0, 0.1) is 0 Å². The molecule has 0 radical (unpaired) electrons. The second-order valence-corrected chi connectivity index (χ2v) is 8.47. The van der Waals surface area contributed by atoms with Gasteiger partial charge in [-0.3, -0.25) is 9.53 Å². The maximum absolute atomic E-state index is 13.2. The molecule has 0 aliphatic carbocycles. The van der Waals surface area contributed by atoms with Gasteiger partial charge in [0, 0.05) is 18.5 Å². The van der Waals surface area contributed by atoms with E-state index in [1.165, 1.54) is 25.3 Å². The van der Waals surface area contributed by atoms with Crippen LogP contribution in [0.4, 0.5) is 13.2 Å². The fraction of sp³-hybridized carbons (Fsp3) is 0.455. The number of halogens is 4. The topological polar surface area (TPSA) is 79.4 Å². The van der Waals surface area contributed by atoms with E-state index in [2.05, 4.69) is 25.7 Å². The summed E-state index contributed by atoms with van der Waals surface area (Å²) in [6.07, 6.45) is -4.61. The number of benzene rings is 1. The van der Waals surface area contributed by atoms with Crippen LogP contribution in [0.5, 0.6) is 11.5 Å². The van der Waals surface area contributed by atoms with Crippen LogP contribution in [-0.2, 0) is 19.8 Å². The van der Waals surface area contributed by atoms with Crippen LogP contribution in [0.3, 0.4) is 0 Å². The second-order valence-electron chi connectivity index (χ2n) is 7.66. The number of aromatic nitrogens is 1. The number of carbonyl (C=O) groups is 1. The third-order valence-electron chi connectivity index (χ3n) is 5.70. The van der Waals surface area contributed by atoms with Crippen molar-refractivity contribution in [2.45, 2.75) is 24.5 Å². The lowest BCUT2D eigenvalue weighted by molar-refractivity contribution is -0.325. The van der Waals surface area contributed by atoms with Crippen molar-refractivity contribution in [3.8, 4) is 11.5 Å². The summed E-state index contributed by atoms with van der Waals surface area (Å²) in [6.45, 7) is -0.164. The molecule has 0 N–H and O–H groups in total. The number of nitrogens with zero attached hydrogens (tertiary/aromatic N) is 2. The summed E-state index contributed by atoms with van der Waals surface area (Å²) >= 11 is 3.38. The Morgan fingerprint density at radius 2 is 2.09 bits per heavy atom. The van der Waals surface area contributed by atoms with Gasteiger partial charge in [-0.1, -0.05) is 6.07 Å². The molecule has 0 bridgehead atoms. The highest BCUT2D eigenvalue weighted by Crippen LogP contribution is 2.42. The Hall–Kier alpha value is -2.41. The summed E-state index contributed by atoms with van der Waals surface area (Å²) in [6, 6.07) is 10.1. The normalized spacial score (nSPS) is 22.4. The van der Waals surface area contributed by atoms with E-state index in [1.807, 2.05) is 18.2 Å². The molecule has 3 heterocycles. The highest BCUT2D eigenvalue weighted by molar-refractivity contribution is 9.10. The molecule has 34 heavy (non-hydrogen) atoms. The Balaban J connectivity index is 1.43. The molecule has 8 nitrogen and oxygen atoms in total. The minimum atomic E-state index is -4.73. The van der Waals surface area contributed by atoms with Gasteiger partial charge in [-0.2, -0.15) is 0 Å². The van der Waals surface area contributed by atoms with Crippen molar-refractivity contribution in [2.24, 2.45) is 0 Å². The minimum Gasteiger partial charge on any atom is -0.493 e. The van der Waals surface area contributed by atoms with Crippen LogP contribution < -0.4 is 9.47 Å². The second kappa shape index (κ2) is 10.1. The molecule has 1 aromatic heterocycles. The molecule has 1 aromatic carbocycles. The molecule has 12 heteroatoms. The first kappa shape index (κ1) is 24.7. The molecule has 4 rings (SSSR count). The molecule has 2 aromatic rings. The van der Waals surface area contributed by atoms with Gasteiger partial charge in [0.1, 0.15) is 29.7 Å². The summed E-state index contributed by atoms with van der Waals surface area (Å²) < 4.78 is 63.0. The van der Waals surface area contributed by atoms with E-state index in [9.17, 15) is 18.0 Å². The van der Waals surface area contributed by atoms with Crippen molar-refractivity contribution < 1.29 is 41.7 Å². The summed E-state index contributed by atoms with van der Waals surface area (Å²) in [4.78, 5) is 19.4. The third-order valence-corrected chi connectivity index (χ3v) is 6.14. The number of hydrogen-bond acceptors (Lipinski definition) is 7. The van der Waals surface area contributed by atoms with Gasteiger partial charge in [0.2, 0.25) is 0 Å². The SMILES string of the molecule is COc1cc(C(=O)N2CCC3(c4cccc(Br)n4)OCOC3C2)ccc1OCCOC(F)(F)F. The molecule has 1 amide bonds. The van der Waals surface area contributed by atoms with Gasteiger partial charge in [-0.05, 0) is 46.3 Å². The summed E-state index contributed by atoms with van der Waals surface area (Å²) in [7, 11) is 1.38. The van der Waals surface area contributed by atoms with Crippen molar-refractivity contribution in [1.29, 1.82) is 0 Å². The van der Waals surface area contributed by atoms with Crippen LogP contribution in [0.15, 0.2) is 41.0 Å². The molecular formula is C22H22BrF3N2O6. The molecule has 2 aliphatic heterocycles. The molecule has 0 saturated carbocycles. The van der Waals surface area contributed by atoms with Crippen molar-refractivity contribution in [3.63, 3.8) is 0 Å². The first-order valence-electron chi connectivity index (χ1n) is 10.4. The number of amides is 1. The van der Waals surface area contributed by atoms with Crippen molar-refractivity contribution in [2.75, 3.05) is 40.2 Å². The van der Waals surface area contributed by atoms with E-state index < -0.39 is 18.6 Å². The van der Waals surface area contributed by atoms with Crippen LogP contribution in [0.2, 0.25) is 0 Å². The van der Waals surface area contributed by atoms with Crippen molar-refractivity contribution in [1.82, 2.24) is 9.88 Å². The van der Waals surface area contributed by atoms with Crippen LogP contribution in [-0.4, -0.2) is 68.5 Å². The number of rotatable bonds is 7. The van der Waals surface area contributed by atoms with E-state index in [-0.39, 0.29) is 36.9 Å². The number of carbonyl (C=O) groups excluding carboxylic acids is 1. The monoisotopic (exact) mass is 546 g/mol. The lowest BCUT2D eigenvalue weighted by Gasteiger charge is -2.41. The predicted octanol–water partition coefficient (Wildman–Crippen LogP) is 3.88.